The number of rotatable bonds is 1. The van der Waals surface area contributed by atoms with Crippen LogP contribution in [0.2, 0.25) is 0 Å². The summed E-state index contributed by atoms with van der Waals surface area (Å²) in [5, 5.41) is 8.91. The third-order valence-electron chi connectivity index (χ3n) is 2.97. The molecule has 0 spiro atoms. The predicted octanol–water partition coefficient (Wildman–Crippen LogP) is 3.84. The molecule has 0 bridgehead atoms. The van der Waals surface area contributed by atoms with Crippen molar-refractivity contribution < 1.29 is 8.78 Å². The smallest absolute Gasteiger partial charge is 0.184 e. The van der Waals surface area contributed by atoms with Gasteiger partial charge in [-0.3, -0.25) is 4.57 Å². The van der Waals surface area contributed by atoms with Crippen LogP contribution in [0.5, 0.6) is 0 Å². The fourth-order valence-electron chi connectivity index (χ4n) is 2.09. The Hall–Kier alpha value is -2.52. The van der Waals surface area contributed by atoms with Gasteiger partial charge in [-0.25, -0.2) is 8.78 Å². The number of fused-ring (bicyclic) bond motifs is 1. The maximum atomic E-state index is 14.0. The summed E-state index contributed by atoms with van der Waals surface area (Å²) >= 11 is 5.15. The fraction of sp³-hybridized carbons (Fsp3) is 0. The molecule has 1 heterocycles. The molecule has 0 unspecified atom stereocenters. The molecule has 0 amide bonds. The quantitative estimate of drug-likeness (QED) is 0.691. The van der Waals surface area contributed by atoms with Gasteiger partial charge in [0.15, 0.2) is 16.4 Å². The van der Waals surface area contributed by atoms with E-state index in [2.05, 4.69) is 4.98 Å². The number of imidazole rings is 1. The highest BCUT2D eigenvalue weighted by Crippen LogP contribution is 2.24. The van der Waals surface area contributed by atoms with Crippen molar-refractivity contribution in [1.29, 1.82) is 5.26 Å². The van der Waals surface area contributed by atoms with E-state index in [1.165, 1.54) is 10.6 Å². The highest BCUT2D eigenvalue weighted by molar-refractivity contribution is 7.71. The molecule has 3 aromatic rings. The Morgan fingerprint density at radius 2 is 2.00 bits per heavy atom. The monoisotopic (exact) mass is 287 g/mol. The summed E-state index contributed by atoms with van der Waals surface area (Å²) < 4.78 is 29.0. The van der Waals surface area contributed by atoms with Gasteiger partial charge in [0.2, 0.25) is 0 Å². The third kappa shape index (κ3) is 1.80. The average Bonchev–Trinajstić information content (AvgIpc) is 2.80. The van der Waals surface area contributed by atoms with E-state index in [4.69, 9.17) is 17.5 Å². The molecule has 98 valence electrons. The predicted molar refractivity (Wildman–Crippen MR) is 73.1 cm³/mol. The molecule has 3 rings (SSSR count). The van der Waals surface area contributed by atoms with E-state index in [1.54, 1.807) is 24.3 Å². The molecular formula is C14H7F2N3S. The second kappa shape index (κ2) is 4.54. The first-order chi connectivity index (χ1) is 9.61. The van der Waals surface area contributed by atoms with Gasteiger partial charge >= 0.3 is 0 Å². The van der Waals surface area contributed by atoms with Crippen molar-refractivity contribution in [3.63, 3.8) is 0 Å². The second-order valence-electron chi connectivity index (χ2n) is 4.19. The van der Waals surface area contributed by atoms with Gasteiger partial charge in [0.05, 0.1) is 17.1 Å². The number of halogens is 2. The number of hydrogen-bond donors (Lipinski definition) is 1. The zero-order valence-corrected chi connectivity index (χ0v) is 10.8. The molecule has 20 heavy (non-hydrogen) atoms. The summed E-state index contributed by atoms with van der Waals surface area (Å²) in [6.45, 7) is 0. The van der Waals surface area contributed by atoms with Crippen molar-refractivity contribution >= 4 is 23.3 Å². The standard InChI is InChI=1S/C14H7F2N3S/c15-10-4-5-11-13(12(10)16)19(14(20)18-11)9-3-1-2-8(6-9)7-17/h1-6H,(H,18,20). The van der Waals surface area contributed by atoms with E-state index >= 15 is 0 Å². The van der Waals surface area contributed by atoms with Crippen LogP contribution in [0.4, 0.5) is 8.78 Å². The maximum absolute atomic E-state index is 14.0. The van der Waals surface area contributed by atoms with E-state index in [0.29, 0.717) is 16.8 Å². The Morgan fingerprint density at radius 3 is 2.75 bits per heavy atom. The summed E-state index contributed by atoms with van der Waals surface area (Å²) in [5.41, 5.74) is 1.35. The Kier molecular flexibility index (Phi) is 2.84. The van der Waals surface area contributed by atoms with Gasteiger partial charge in [0, 0.05) is 5.69 Å². The number of aromatic amines is 1. The van der Waals surface area contributed by atoms with Crippen molar-refractivity contribution in [2.75, 3.05) is 0 Å². The van der Waals surface area contributed by atoms with E-state index in [0.717, 1.165) is 6.07 Å². The summed E-state index contributed by atoms with van der Waals surface area (Å²) in [6, 6.07) is 11.0. The van der Waals surface area contributed by atoms with Gasteiger partial charge in [-0.2, -0.15) is 5.26 Å². The zero-order chi connectivity index (χ0) is 14.3. The molecule has 0 saturated heterocycles. The molecule has 0 atom stereocenters. The van der Waals surface area contributed by atoms with E-state index in [-0.39, 0.29) is 10.3 Å². The molecule has 1 aromatic heterocycles. The molecule has 3 nitrogen and oxygen atoms in total. The zero-order valence-electron chi connectivity index (χ0n) is 10.0. The largest absolute Gasteiger partial charge is 0.330 e. The van der Waals surface area contributed by atoms with Crippen LogP contribution >= 0.6 is 12.2 Å². The lowest BCUT2D eigenvalue weighted by Crippen LogP contribution is -1.97. The number of nitrogens with one attached hydrogen (secondary N) is 1. The minimum atomic E-state index is -0.975. The van der Waals surface area contributed by atoms with Crippen LogP contribution in [0.3, 0.4) is 0 Å². The Bertz CT molecular complexity index is 918. The maximum Gasteiger partial charge on any atom is 0.184 e. The average molecular weight is 287 g/mol. The van der Waals surface area contributed by atoms with Crippen molar-refractivity contribution in [3.8, 4) is 11.8 Å². The van der Waals surface area contributed by atoms with E-state index < -0.39 is 11.6 Å². The van der Waals surface area contributed by atoms with Crippen LogP contribution in [0.1, 0.15) is 5.56 Å². The van der Waals surface area contributed by atoms with Gasteiger partial charge in [0.25, 0.3) is 0 Å². The molecule has 0 aliphatic heterocycles. The third-order valence-corrected chi connectivity index (χ3v) is 3.26. The molecule has 0 aliphatic rings. The Morgan fingerprint density at radius 1 is 1.20 bits per heavy atom. The molecule has 6 heteroatoms. The number of hydrogen-bond acceptors (Lipinski definition) is 2. The Labute approximate surface area is 117 Å². The van der Waals surface area contributed by atoms with Crippen LogP contribution in [0, 0.1) is 27.7 Å². The minimum absolute atomic E-state index is 0.0325. The summed E-state index contributed by atoms with van der Waals surface area (Å²) in [5.74, 6) is -1.92. The number of aromatic nitrogens is 2. The highest BCUT2D eigenvalue weighted by atomic mass is 32.1. The van der Waals surface area contributed by atoms with Crippen LogP contribution in [0.25, 0.3) is 16.7 Å². The summed E-state index contributed by atoms with van der Waals surface area (Å²) in [4.78, 5) is 2.82. The topological polar surface area (TPSA) is 44.5 Å². The minimum Gasteiger partial charge on any atom is -0.330 e. The van der Waals surface area contributed by atoms with Crippen LogP contribution < -0.4 is 0 Å². The lowest BCUT2D eigenvalue weighted by Gasteiger charge is -2.05. The van der Waals surface area contributed by atoms with Crippen molar-refractivity contribution in [2.24, 2.45) is 0 Å². The first-order valence-electron chi connectivity index (χ1n) is 5.71. The van der Waals surface area contributed by atoms with Crippen molar-refractivity contribution in [3.05, 3.63) is 58.4 Å². The molecule has 1 N–H and O–H groups in total. The van der Waals surface area contributed by atoms with Crippen LogP contribution in [-0.2, 0) is 0 Å². The molecule has 0 fully saturated rings. The van der Waals surface area contributed by atoms with E-state index in [9.17, 15) is 8.78 Å². The highest BCUT2D eigenvalue weighted by Gasteiger charge is 2.15. The van der Waals surface area contributed by atoms with Gasteiger partial charge < -0.3 is 4.98 Å². The molecule has 0 aliphatic carbocycles. The summed E-state index contributed by atoms with van der Waals surface area (Å²) in [7, 11) is 0. The van der Waals surface area contributed by atoms with Crippen LogP contribution in [-0.4, -0.2) is 9.55 Å². The number of benzene rings is 2. The van der Waals surface area contributed by atoms with Gasteiger partial charge in [-0.05, 0) is 42.5 Å². The van der Waals surface area contributed by atoms with Crippen LogP contribution in [0.15, 0.2) is 36.4 Å². The second-order valence-corrected chi connectivity index (χ2v) is 4.57. The molecule has 2 aromatic carbocycles. The Balaban J connectivity index is 2.42. The SMILES string of the molecule is N#Cc1cccc(-n2c(=S)[nH]c3ccc(F)c(F)c32)c1. The van der Waals surface area contributed by atoms with E-state index in [1.807, 2.05) is 6.07 Å². The number of nitrogens with zero attached hydrogens (tertiary/aromatic N) is 2. The van der Waals surface area contributed by atoms with Crippen molar-refractivity contribution in [2.45, 2.75) is 0 Å². The van der Waals surface area contributed by atoms with Gasteiger partial charge in [0.1, 0.15) is 5.52 Å². The number of H-pyrrole nitrogens is 1. The normalized spacial score (nSPS) is 10.7. The first-order valence-corrected chi connectivity index (χ1v) is 6.12. The molecule has 0 saturated carbocycles. The first kappa shape index (κ1) is 12.5. The summed E-state index contributed by atoms with van der Waals surface area (Å²) in [6.07, 6.45) is 0. The van der Waals surface area contributed by atoms with Gasteiger partial charge in [-0.1, -0.05) is 6.07 Å². The lowest BCUT2D eigenvalue weighted by atomic mass is 10.2. The fourth-order valence-corrected chi connectivity index (χ4v) is 2.40. The molecular weight excluding hydrogens is 280 g/mol. The van der Waals surface area contributed by atoms with Crippen molar-refractivity contribution in [1.82, 2.24) is 9.55 Å². The molecule has 0 radical (unpaired) electrons. The lowest BCUT2D eigenvalue weighted by molar-refractivity contribution is 0.514. The number of nitriles is 1. The van der Waals surface area contributed by atoms with Gasteiger partial charge in [-0.15, -0.1) is 0 Å².